The average Bonchev–Trinajstić information content (AvgIpc) is 3.69. The van der Waals surface area contributed by atoms with Gasteiger partial charge in [-0.3, -0.25) is 25.4 Å². The Balaban J connectivity index is 1.43. The van der Waals surface area contributed by atoms with Gasteiger partial charge in [-0.15, -0.1) is 0 Å². The lowest BCUT2D eigenvalue weighted by Crippen LogP contribution is -2.31. The first kappa shape index (κ1) is 25.8. The van der Waals surface area contributed by atoms with E-state index in [-0.39, 0.29) is 36.0 Å². The van der Waals surface area contributed by atoms with Crippen molar-refractivity contribution < 1.29 is 9.59 Å². The van der Waals surface area contributed by atoms with E-state index in [0.29, 0.717) is 11.3 Å². The molecule has 1 atom stereocenters. The molecular weight excluding hydrogens is 466 g/mol. The van der Waals surface area contributed by atoms with Gasteiger partial charge in [-0.2, -0.15) is 0 Å². The highest BCUT2D eigenvalue weighted by molar-refractivity contribution is 6.04. The molecule has 9 nitrogen and oxygen atoms in total. The Bertz CT molecular complexity index is 1230. The van der Waals surface area contributed by atoms with Crippen LogP contribution >= 0.6 is 0 Å². The number of amidine groups is 1. The van der Waals surface area contributed by atoms with E-state index < -0.39 is 0 Å². The quantitative estimate of drug-likeness (QED) is 0.226. The number of likely N-dealkylation sites (tertiary alicyclic amines) is 1. The summed E-state index contributed by atoms with van der Waals surface area (Å²) in [6.07, 6.45) is 11.3. The van der Waals surface area contributed by atoms with Crippen molar-refractivity contribution in [1.29, 1.82) is 10.8 Å². The van der Waals surface area contributed by atoms with Gasteiger partial charge in [0.1, 0.15) is 5.84 Å². The summed E-state index contributed by atoms with van der Waals surface area (Å²) in [4.78, 5) is 33.0. The molecule has 1 aromatic carbocycles. The fraction of sp³-hybridized carbons (Fsp3) is 0.321. The third-order valence-corrected chi connectivity index (χ3v) is 6.60. The summed E-state index contributed by atoms with van der Waals surface area (Å²) in [5.41, 5.74) is 3.70. The number of rotatable bonds is 10. The van der Waals surface area contributed by atoms with E-state index in [1.807, 2.05) is 37.4 Å². The van der Waals surface area contributed by atoms with Crippen LogP contribution < -0.4 is 10.6 Å². The Hall–Kier alpha value is -4.27. The molecule has 1 aromatic heterocycles. The molecule has 1 aliphatic carbocycles. The first-order chi connectivity index (χ1) is 17.9. The van der Waals surface area contributed by atoms with E-state index >= 15 is 0 Å². The largest absolute Gasteiger partial charge is 0.394 e. The summed E-state index contributed by atoms with van der Waals surface area (Å²) in [5.74, 6) is -0.0260. The molecule has 4 N–H and O–H groups in total. The summed E-state index contributed by atoms with van der Waals surface area (Å²) in [5, 5.41) is 21.9. The Morgan fingerprint density at radius 2 is 2.03 bits per heavy atom. The lowest BCUT2D eigenvalue weighted by molar-refractivity contribution is -0.127. The number of hydrogen-bond donors (Lipinski definition) is 4. The summed E-state index contributed by atoms with van der Waals surface area (Å²) in [7, 11) is 3.61. The Morgan fingerprint density at radius 3 is 2.65 bits per heavy atom. The standard InChI is InChI=1S/C28H33N7O2/c1-31-14-12-19(21-6-10-25(32-17-21)24-13-15-34(2)28(24)37)7-11-26(36)33-22-5-3-4-20(16-22)27(30)35(18-29)23-8-9-23/h3-7,10,12,14,16-18,23-24,29-31H,8-9,11,13,15H2,1-2H3,(H,33,36)/b14-12-,19-7+,29-18?,30-27?. The molecule has 2 amide bonds. The number of carbonyl (C=O) groups is 2. The van der Waals surface area contributed by atoms with Gasteiger partial charge in [0.2, 0.25) is 11.8 Å². The summed E-state index contributed by atoms with van der Waals surface area (Å²) in [6.45, 7) is 0.740. The molecule has 9 heteroatoms. The minimum Gasteiger partial charge on any atom is -0.394 e. The number of anilines is 1. The second-order valence-electron chi connectivity index (χ2n) is 9.30. The van der Waals surface area contributed by atoms with Crippen molar-refractivity contribution in [3.05, 3.63) is 77.8 Å². The SMILES string of the molecule is CN/C=C\C(=C/CC(=O)Nc1cccc(C(=N)N(C=N)C2CC2)c1)c1ccc(C2CCN(C)C2=O)nc1. The van der Waals surface area contributed by atoms with Crippen molar-refractivity contribution in [2.45, 2.75) is 37.6 Å². The van der Waals surface area contributed by atoms with Gasteiger partial charge >= 0.3 is 0 Å². The predicted octanol–water partition coefficient (Wildman–Crippen LogP) is 3.57. The number of nitrogens with zero attached hydrogens (tertiary/aromatic N) is 3. The van der Waals surface area contributed by atoms with Crippen LogP contribution in [0, 0.1) is 10.8 Å². The van der Waals surface area contributed by atoms with Crippen LogP contribution in [0.1, 0.15) is 48.4 Å². The number of allylic oxidation sites excluding steroid dienone is 2. The first-order valence-electron chi connectivity index (χ1n) is 12.4. The molecule has 2 heterocycles. The Kier molecular flexibility index (Phi) is 8.12. The highest BCUT2D eigenvalue weighted by Crippen LogP contribution is 2.28. The van der Waals surface area contributed by atoms with E-state index in [2.05, 4.69) is 15.6 Å². The van der Waals surface area contributed by atoms with Crippen LogP contribution in [0.5, 0.6) is 0 Å². The zero-order chi connectivity index (χ0) is 26.4. The second kappa shape index (κ2) is 11.6. The molecule has 2 fully saturated rings. The zero-order valence-electron chi connectivity index (χ0n) is 21.2. The molecule has 2 aromatic rings. The molecule has 1 saturated carbocycles. The molecule has 0 bridgehead atoms. The van der Waals surface area contributed by atoms with Crippen LogP contribution in [-0.4, -0.2) is 65.5 Å². The van der Waals surface area contributed by atoms with Gasteiger partial charge in [0, 0.05) is 50.6 Å². The van der Waals surface area contributed by atoms with Crippen molar-refractivity contribution in [3.8, 4) is 0 Å². The van der Waals surface area contributed by atoms with E-state index in [1.54, 1.807) is 47.4 Å². The number of benzene rings is 1. The van der Waals surface area contributed by atoms with Crippen LogP contribution in [0.4, 0.5) is 5.69 Å². The fourth-order valence-electron chi connectivity index (χ4n) is 4.35. The van der Waals surface area contributed by atoms with Crippen LogP contribution in [0.3, 0.4) is 0 Å². The number of hydrogen-bond acceptors (Lipinski definition) is 6. The number of amides is 2. The van der Waals surface area contributed by atoms with Crippen LogP contribution in [0.25, 0.3) is 5.57 Å². The lowest BCUT2D eigenvalue weighted by atomic mass is 10.0. The maximum absolute atomic E-state index is 12.8. The topological polar surface area (TPSA) is 125 Å². The smallest absolute Gasteiger partial charge is 0.231 e. The van der Waals surface area contributed by atoms with Gasteiger partial charge in [0.15, 0.2) is 0 Å². The fourth-order valence-corrected chi connectivity index (χ4v) is 4.35. The van der Waals surface area contributed by atoms with Crippen LogP contribution in [0.15, 0.2) is 60.9 Å². The minimum atomic E-state index is -0.197. The normalized spacial score (nSPS) is 17.7. The van der Waals surface area contributed by atoms with Crippen LogP contribution in [0.2, 0.25) is 0 Å². The molecule has 192 valence electrons. The third kappa shape index (κ3) is 6.30. The number of aromatic nitrogens is 1. The maximum atomic E-state index is 12.8. The summed E-state index contributed by atoms with van der Waals surface area (Å²) < 4.78 is 0. The molecule has 4 rings (SSSR count). The highest BCUT2D eigenvalue weighted by atomic mass is 16.2. The van der Waals surface area contributed by atoms with Crippen molar-refractivity contribution in [2.24, 2.45) is 0 Å². The van der Waals surface area contributed by atoms with Crippen molar-refractivity contribution in [2.75, 3.05) is 26.0 Å². The van der Waals surface area contributed by atoms with Crippen molar-refractivity contribution in [1.82, 2.24) is 20.1 Å². The molecule has 1 saturated heterocycles. The van der Waals surface area contributed by atoms with E-state index in [0.717, 1.165) is 42.6 Å². The Labute approximate surface area is 217 Å². The molecule has 0 radical (unpaired) electrons. The highest BCUT2D eigenvalue weighted by Gasteiger charge is 2.31. The number of carbonyl (C=O) groups excluding carboxylic acids is 2. The van der Waals surface area contributed by atoms with E-state index in [4.69, 9.17) is 10.8 Å². The molecule has 37 heavy (non-hydrogen) atoms. The molecule has 2 aliphatic rings. The molecule has 1 unspecified atom stereocenters. The zero-order valence-corrected chi connectivity index (χ0v) is 21.2. The summed E-state index contributed by atoms with van der Waals surface area (Å²) in [6, 6.07) is 11.2. The molecular formula is C28H33N7O2. The van der Waals surface area contributed by atoms with Gasteiger partial charge in [-0.1, -0.05) is 24.3 Å². The second-order valence-corrected chi connectivity index (χ2v) is 9.30. The van der Waals surface area contributed by atoms with E-state index in [9.17, 15) is 9.59 Å². The lowest BCUT2D eigenvalue weighted by Gasteiger charge is -2.19. The average molecular weight is 500 g/mol. The third-order valence-electron chi connectivity index (χ3n) is 6.60. The van der Waals surface area contributed by atoms with Gasteiger partial charge in [-0.05, 0) is 60.9 Å². The van der Waals surface area contributed by atoms with Crippen molar-refractivity contribution >= 4 is 35.2 Å². The van der Waals surface area contributed by atoms with Gasteiger partial charge < -0.3 is 20.4 Å². The number of pyridine rings is 1. The van der Waals surface area contributed by atoms with Crippen molar-refractivity contribution in [3.63, 3.8) is 0 Å². The predicted molar refractivity (Wildman–Crippen MR) is 146 cm³/mol. The maximum Gasteiger partial charge on any atom is 0.231 e. The Morgan fingerprint density at radius 1 is 1.22 bits per heavy atom. The first-order valence-corrected chi connectivity index (χ1v) is 12.4. The van der Waals surface area contributed by atoms with Gasteiger partial charge in [-0.25, -0.2) is 0 Å². The van der Waals surface area contributed by atoms with E-state index in [1.165, 1.54) is 6.34 Å². The minimum absolute atomic E-state index is 0.0973. The number of likely N-dealkylation sites (N-methyl/N-ethyl adjacent to an activating group) is 1. The molecule has 1 aliphatic heterocycles. The van der Waals surface area contributed by atoms with Gasteiger partial charge in [0.05, 0.1) is 18.0 Å². The number of nitrogens with one attached hydrogen (secondary N) is 4. The van der Waals surface area contributed by atoms with Crippen LogP contribution in [-0.2, 0) is 9.59 Å². The summed E-state index contributed by atoms with van der Waals surface area (Å²) >= 11 is 0. The molecule has 0 spiro atoms. The van der Waals surface area contributed by atoms with Gasteiger partial charge in [0.25, 0.3) is 0 Å². The monoisotopic (exact) mass is 499 g/mol.